The van der Waals surface area contributed by atoms with Crippen molar-refractivity contribution >= 4 is 37.5 Å². The number of carbonyl (C=O) groups excluding carboxylic acids is 1. The first-order valence-electron chi connectivity index (χ1n) is 5.92. The van der Waals surface area contributed by atoms with Gasteiger partial charge < -0.3 is 5.32 Å². The number of rotatable bonds is 5. The second-order valence-corrected chi connectivity index (χ2v) is 6.58. The molecule has 0 bridgehead atoms. The molecule has 0 spiro atoms. The first kappa shape index (κ1) is 16.1. The molecule has 0 aliphatic carbocycles. The lowest BCUT2D eigenvalue weighted by Crippen LogP contribution is -2.21. The van der Waals surface area contributed by atoms with E-state index in [9.17, 15) is 13.2 Å². The molecule has 0 radical (unpaired) electrons. The van der Waals surface area contributed by atoms with E-state index in [1.54, 1.807) is 0 Å². The summed E-state index contributed by atoms with van der Waals surface area (Å²) in [6, 6.07) is 4.41. The van der Waals surface area contributed by atoms with Crippen LogP contribution in [0.3, 0.4) is 0 Å². The van der Waals surface area contributed by atoms with Gasteiger partial charge in [-0.05, 0) is 47.0 Å². The van der Waals surface area contributed by atoms with E-state index in [0.29, 0.717) is 10.2 Å². The monoisotopic (exact) mass is 348 g/mol. The normalized spacial score (nSPS) is 11.6. The molecule has 1 rings (SSSR count). The summed E-state index contributed by atoms with van der Waals surface area (Å²) in [5, 5.41) is 7.81. The number of halogens is 1. The van der Waals surface area contributed by atoms with Crippen LogP contribution in [-0.2, 0) is 14.8 Å². The molecule has 3 N–H and O–H groups in total. The lowest BCUT2D eigenvalue weighted by Gasteiger charge is -2.13. The highest BCUT2D eigenvalue weighted by molar-refractivity contribution is 9.10. The molecular formula is C12H17BrN2O3S. The zero-order valence-corrected chi connectivity index (χ0v) is 13.2. The number of nitrogens with two attached hydrogens (primary N) is 1. The molecule has 106 valence electrons. The van der Waals surface area contributed by atoms with Crippen LogP contribution in [-0.4, -0.2) is 14.3 Å². The van der Waals surface area contributed by atoms with Gasteiger partial charge in [-0.15, -0.1) is 0 Å². The maximum absolute atomic E-state index is 11.9. The molecule has 0 unspecified atom stereocenters. The van der Waals surface area contributed by atoms with Crippen LogP contribution in [0.5, 0.6) is 0 Å². The number of primary sulfonamides is 1. The number of anilines is 1. The Morgan fingerprint density at radius 1 is 1.37 bits per heavy atom. The van der Waals surface area contributed by atoms with Crippen LogP contribution >= 0.6 is 15.9 Å². The standard InChI is InChI=1S/C12H17BrN2O3S/c1-3-8(4-2)12(16)15-9-5-6-11(10(13)7-9)19(14,17)18/h5-8H,3-4H2,1-2H3,(H,15,16)(H2,14,17,18). The smallest absolute Gasteiger partial charge is 0.239 e. The molecule has 0 saturated heterocycles. The highest BCUT2D eigenvalue weighted by Crippen LogP contribution is 2.25. The van der Waals surface area contributed by atoms with Crippen LogP contribution < -0.4 is 10.5 Å². The topological polar surface area (TPSA) is 89.3 Å². The summed E-state index contributed by atoms with van der Waals surface area (Å²) in [5.41, 5.74) is 0.538. The van der Waals surface area contributed by atoms with Crippen LogP contribution in [0.2, 0.25) is 0 Å². The van der Waals surface area contributed by atoms with Gasteiger partial charge >= 0.3 is 0 Å². The van der Waals surface area contributed by atoms with Crippen molar-refractivity contribution in [2.24, 2.45) is 11.1 Å². The Kier molecular flexibility index (Phi) is 5.51. The van der Waals surface area contributed by atoms with Gasteiger partial charge in [-0.2, -0.15) is 0 Å². The Labute approximate surface area is 121 Å². The lowest BCUT2D eigenvalue weighted by atomic mass is 10.0. The number of hydrogen-bond donors (Lipinski definition) is 2. The van der Waals surface area contributed by atoms with E-state index in [1.165, 1.54) is 18.2 Å². The summed E-state index contributed by atoms with van der Waals surface area (Å²) < 4.78 is 22.8. The van der Waals surface area contributed by atoms with Gasteiger partial charge in [-0.1, -0.05) is 13.8 Å². The van der Waals surface area contributed by atoms with Crippen molar-refractivity contribution in [1.29, 1.82) is 0 Å². The van der Waals surface area contributed by atoms with E-state index in [2.05, 4.69) is 21.2 Å². The van der Waals surface area contributed by atoms with Crippen molar-refractivity contribution in [3.63, 3.8) is 0 Å². The SMILES string of the molecule is CCC(CC)C(=O)Nc1ccc(S(N)(=O)=O)c(Br)c1. The third kappa shape index (κ3) is 4.29. The fraction of sp³-hybridized carbons (Fsp3) is 0.417. The number of hydrogen-bond acceptors (Lipinski definition) is 3. The van der Waals surface area contributed by atoms with E-state index in [-0.39, 0.29) is 16.7 Å². The highest BCUT2D eigenvalue weighted by atomic mass is 79.9. The van der Waals surface area contributed by atoms with Crippen molar-refractivity contribution in [3.8, 4) is 0 Å². The van der Waals surface area contributed by atoms with E-state index in [4.69, 9.17) is 5.14 Å². The number of carbonyl (C=O) groups is 1. The van der Waals surface area contributed by atoms with Crippen molar-refractivity contribution in [2.45, 2.75) is 31.6 Å². The van der Waals surface area contributed by atoms with E-state index >= 15 is 0 Å². The summed E-state index contributed by atoms with van der Waals surface area (Å²) >= 11 is 3.13. The van der Waals surface area contributed by atoms with Gasteiger partial charge in [0.05, 0.1) is 4.90 Å². The van der Waals surface area contributed by atoms with Gasteiger partial charge in [0.25, 0.3) is 0 Å². The first-order valence-corrected chi connectivity index (χ1v) is 8.26. The van der Waals surface area contributed by atoms with Gasteiger partial charge in [0.1, 0.15) is 0 Å². The Bertz CT molecular complexity index is 568. The molecule has 0 aliphatic rings. The largest absolute Gasteiger partial charge is 0.326 e. The van der Waals surface area contributed by atoms with Crippen molar-refractivity contribution < 1.29 is 13.2 Å². The molecular weight excluding hydrogens is 332 g/mol. The summed E-state index contributed by atoms with van der Waals surface area (Å²) in [6.45, 7) is 3.90. The van der Waals surface area contributed by atoms with Crippen LogP contribution in [0.4, 0.5) is 5.69 Å². The van der Waals surface area contributed by atoms with Crippen molar-refractivity contribution in [1.82, 2.24) is 0 Å². The second kappa shape index (κ2) is 6.49. The van der Waals surface area contributed by atoms with Crippen LogP contribution in [0, 0.1) is 5.92 Å². The number of sulfonamides is 1. The van der Waals surface area contributed by atoms with Gasteiger partial charge in [0.2, 0.25) is 15.9 Å². The number of benzene rings is 1. The molecule has 1 amide bonds. The summed E-state index contributed by atoms with van der Waals surface area (Å²) in [5.74, 6) is -0.114. The fourth-order valence-corrected chi connectivity index (χ4v) is 3.36. The Morgan fingerprint density at radius 2 is 1.95 bits per heavy atom. The predicted octanol–water partition coefficient (Wildman–Crippen LogP) is 2.47. The minimum atomic E-state index is -3.76. The zero-order valence-electron chi connectivity index (χ0n) is 10.8. The second-order valence-electron chi connectivity index (χ2n) is 4.19. The van der Waals surface area contributed by atoms with E-state index in [0.717, 1.165) is 12.8 Å². The molecule has 0 fully saturated rings. The predicted molar refractivity (Wildman–Crippen MR) is 78.2 cm³/mol. The fourth-order valence-electron chi connectivity index (χ4n) is 1.71. The lowest BCUT2D eigenvalue weighted by molar-refractivity contribution is -0.120. The first-order chi connectivity index (χ1) is 8.79. The minimum absolute atomic E-state index is 0.00645. The molecule has 1 aromatic rings. The van der Waals surface area contributed by atoms with E-state index in [1.807, 2.05) is 13.8 Å². The Balaban J connectivity index is 2.94. The molecule has 1 aromatic carbocycles. The average molecular weight is 349 g/mol. The van der Waals surface area contributed by atoms with Gasteiger partial charge in [-0.25, -0.2) is 13.6 Å². The molecule has 19 heavy (non-hydrogen) atoms. The third-order valence-corrected chi connectivity index (χ3v) is 4.75. The summed E-state index contributed by atoms with van der Waals surface area (Å²) in [6.07, 6.45) is 1.53. The zero-order chi connectivity index (χ0) is 14.6. The van der Waals surface area contributed by atoms with E-state index < -0.39 is 10.0 Å². The van der Waals surface area contributed by atoms with Crippen LogP contribution in [0.25, 0.3) is 0 Å². The highest BCUT2D eigenvalue weighted by Gasteiger charge is 2.16. The molecule has 0 atom stereocenters. The molecule has 0 aromatic heterocycles. The Morgan fingerprint density at radius 3 is 2.37 bits per heavy atom. The molecule has 5 nitrogen and oxygen atoms in total. The summed E-state index contributed by atoms with van der Waals surface area (Å²) in [7, 11) is -3.76. The van der Waals surface area contributed by atoms with Crippen LogP contribution in [0.15, 0.2) is 27.6 Å². The molecule has 0 saturated carbocycles. The number of nitrogens with one attached hydrogen (secondary N) is 1. The molecule has 0 heterocycles. The van der Waals surface area contributed by atoms with Crippen molar-refractivity contribution in [3.05, 3.63) is 22.7 Å². The molecule has 7 heteroatoms. The minimum Gasteiger partial charge on any atom is -0.326 e. The average Bonchev–Trinajstić information content (AvgIpc) is 2.28. The maximum Gasteiger partial charge on any atom is 0.239 e. The maximum atomic E-state index is 11.9. The van der Waals surface area contributed by atoms with Crippen molar-refractivity contribution in [2.75, 3.05) is 5.32 Å². The number of amides is 1. The molecule has 0 aliphatic heterocycles. The van der Waals surface area contributed by atoms with Gasteiger partial charge in [0.15, 0.2) is 0 Å². The van der Waals surface area contributed by atoms with Gasteiger partial charge in [0, 0.05) is 16.1 Å². The van der Waals surface area contributed by atoms with Crippen LogP contribution in [0.1, 0.15) is 26.7 Å². The third-order valence-electron chi connectivity index (χ3n) is 2.86. The summed E-state index contributed by atoms with van der Waals surface area (Å²) in [4.78, 5) is 11.9. The van der Waals surface area contributed by atoms with Gasteiger partial charge in [-0.3, -0.25) is 4.79 Å². The Hall–Kier alpha value is -0.920. The quantitative estimate of drug-likeness (QED) is 0.856.